The number of amides is 1. The van der Waals surface area contributed by atoms with Crippen LogP contribution in [0.15, 0.2) is 18.3 Å². The summed E-state index contributed by atoms with van der Waals surface area (Å²) < 4.78 is 12.4. The molecule has 0 bridgehead atoms. The number of hydrogen-bond donors (Lipinski definition) is 1. The molecule has 0 aliphatic heterocycles. The van der Waals surface area contributed by atoms with E-state index in [1.54, 1.807) is 13.0 Å². The number of halogens is 1. The molecule has 1 aromatic rings. The Labute approximate surface area is 76.0 Å². The van der Waals surface area contributed by atoms with Gasteiger partial charge in [0, 0.05) is 6.42 Å². The van der Waals surface area contributed by atoms with Gasteiger partial charge in [-0.05, 0) is 12.1 Å². The molecule has 1 N–H and O–H groups in total. The summed E-state index contributed by atoms with van der Waals surface area (Å²) >= 11 is 0. The quantitative estimate of drug-likeness (QED) is 0.764. The van der Waals surface area contributed by atoms with Gasteiger partial charge in [-0.1, -0.05) is 6.92 Å². The van der Waals surface area contributed by atoms with E-state index in [-0.39, 0.29) is 11.7 Å². The van der Waals surface area contributed by atoms with Crippen molar-refractivity contribution < 1.29 is 9.18 Å². The molecule has 1 rings (SSSR count). The maximum absolute atomic E-state index is 12.4. The molecule has 13 heavy (non-hydrogen) atoms. The topological polar surface area (TPSA) is 42.0 Å². The van der Waals surface area contributed by atoms with E-state index in [0.717, 1.165) is 6.20 Å². The minimum atomic E-state index is -0.370. The second kappa shape index (κ2) is 4.54. The van der Waals surface area contributed by atoms with Gasteiger partial charge in [0.15, 0.2) is 0 Å². The van der Waals surface area contributed by atoms with Gasteiger partial charge in [-0.25, -0.2) is 4.39 Å². The minimum absolute atomic E-state index is 0.0360. The van der Waals surface area contributed by atoms with E-state index in [0.29, 0.717) is 18.7 Å². The summed E-state index contributed by atoms with van der Waals surface area (Å²) in [7, 11) is 0. The van der Waals surface area contributed by atoms with Crippen LogP contribution < -0.4 is 5.32 Å². The number of nitrogens with one attached hydrogen (secondary N) is 1. The fraction of sp³-hybridized carbons (Fsp3) is 0.333. The van der Waals surface area contributed by atoms with Gasteiger partial charge < -0.3 is 5.32 Å². The van der Waals surface area contributed by atoms with Crippen molar-refractivity contribution in [3.8, 4) is 0 Å². The third kappa shape index (κ3) is 3.19. The maximum Gasteiger partial charge on any atom is 0.220 e. The van der Waals surface area contributed by atoms with Crippen molar-refractivity contribution in [3.05, 3.63) is 29.8 Å². The Kier molecular flexibility index (Phi) is 3.37. The summed E-state index contributed by atoms with van der Waals surface area (Å²) in [6.45, 7) is 2.13. The van der Waals surface area contributed by atoms with E-state index in [1.165, 1.54) is 6.07 Å². The smallest absolute Gasteiger partial charge is 0.220 e. The van der Waals surface area contributed by atoms with Crippen LogP contribution in [0.1, 0.15) is 19.0 Å². The number of rotatable bonds is 3. The fourth-order valence-corrected chi connectivity index (χ4v) is 0.825. The lowest BCUT2D eigenvalue weighted by atomic mass is 10.3. The standard InChI is InChI=1S/C9H11FN2O/c1-2-9(13)12-6-8-4-3-7(10)5-11-8/h3-5H,2,6H2,1H3,(H,12,13). The van der Waals surface area contributed by atoms with Crippen LogP contribution in [0, 0.1) is 5.82 Å². The van der Waals surface area contributed by atoms with Crippen molar-refractivity contribution in [3.63, 3.8) is 0 Å². The Bertz CT molecular complexity index is 284. The lowest BCUT2D eigenvalue weighted by molar-refractivity contribution is -0.120. The first-order valence-electron chi connectivity index (χ1n) is 4.09. The van der Waals surface area contributed by atoms with Crippen molar-refractivity contribution in [2.45, 2.75) is 19.9 Å². The summed E-state index contributed by atoms with van der Waals surface area (Å²) in [6.07, 6.45) is 1.58. The van der Waals surface area contributed by atoms with Gasteiger partial charge in [0.25, 0.3) is 0 Å². The minimum Gasteiger partial charge on any atom is -0.350 e. The van der Waals surface area contributed by atoms with Gasteiger partial charge >= 0.3 is 0 Å². The molecule has 0 saturated heterocycles. The molecule has 1 aromatic heterocycles. The summed E-state index contributed by atoms with van der Waals surface area (Å²) in [6, 6.07) is 2.87. The molecule has 1 amide bonds. The number of carbonyl (C=O) groups excluding carboxylic acids is 1. The molecule has 70 valence electrons. The largest absolute Gasteiger partial charge is 0.350 e. The molecule has 0 atom stereocenters. The van der Waals surface area contributed by atoms with Crippen LogP contribution in [0.3, 0.4) is 0 Å². The normalized spacial score (nSPS) is 9.69. The van der Waals surface area contributed by atoms with Crippen molar-refractivity contribution in [1.82, 2.24) is 10.3 Å². The second-order valence-corrected chi connectivity index (χ2v) is 2.60. The van der Waals surface area contributed by atoms with E-state index in [4.69, 9.17) is 0 Å². The number of carbonyl (C=O) groups is 1. The third-order valence-electron chi connectivity index (χ3n) is 1.58. The number of nitrogens with zero attached hydrogens (tertiary/aromatic N) is 1. The zero-order chi connectivity index (χ0) is 9.68. The summed E-state index contributed by atoms with van der Waals surface area (Å²) in [5.41, 5.74) is 0.656. The molecule has 0 radical (unpaired) electrons. The third-order valence-corrected chi connectivity index (χ3v) is 1.58. The highest BCUT2D eigenvalue weighted by atomic mass is 19.1. The predicted molar refractivity (Wildman–Crippen MR) is 46.3 cm³/mol. The van der Waals surface area contributed by atoms with E-state index in [2.05, 4.69) is 10.3 Å². The molecule has 0 aromatic carbocycles. The predicted octanol–water partition coefficient (Wildman–Crippen LogP) is 1.25. The van der Waals surface area contributed by atoms with Gasteiger partial charge in [0.05, 0.1) is 18.4 Å². The molecule has 0 fully saturated rings. The molecule has 1 heterocycles. The lowest BCUT2D eigenvalue weighted by Crippen LogP contribution is -2.21. The fourth-order valence-electron chi connectivity index (χ4n) is 0.825. The van der Waals surface area contributed by atoms with Crippen LogP contribution in [0.4, 0.5) is 4.39 Å². The molecule has 0 aliphatic carbocycles. The van der Waals surface area contributed by atoms with Gasteiger partial charge in [-0.15, -0.1) is 0 Å². The van der Waals surface area contributed by atoms with E-state index < -0.39 is 0 Å². The zero-order valence-electron chi connectivity index (χ0n) is 7.38. The lowest BCUT2D eigenvalue weighted by Gasteiger charge is -2.01. The zero-order valence-corrected chi connectivity index (χ0v) is 7.38. The molecule has 0 aliphatic rings. The highest BCUT2D eigenvalue weighted by Gasteiger charge is 1.98. The van der Waals surface area contributed by atoms with Crippen molar-refractivity contribution in [2.24, 2.45) is 0 Å². The second-order valence-electron chi connectivity index (χ2n) is 2.60. The van der Waals surface area contributed by atoms with Gasteiger partial charge in [-0.2, -0.15) is 0 Å². The maximum atomic E-state index is 12.4. The molecule has 0 saturated carbocycles. The van der Waals surface area contributed by atoms with Crippen molar-refractivity contribution >= 4 is 5.91 Å². The molecular weight excluding hydrogens is 171 g/mol. The number of aromatic nitrogens is 1. The van der Waals surface area contributed by atoms with Gasteiger partial charge in [0.2, 0.25) is 5.91 Å². The van der Waals surface area contributed by atoms with E-state index >= 15 is 0 Å². The van der Waals surface area contributed by atoms with Crippen molar-refractivity contribution in [2.75, 3.05) is 0 Å². The van der Waals surface area contributed by atoms with Crippen LogP contribution >= 0.6 is 0 Å². The average Bonchev–Trinajstić information content (AvgIpc) is 2.16. The number of hydrogen-bond acceptors (Lipinski definition) is 2. The first kappa shape index (κ1) is 9.64. The van der Waals surface area contributed by atoms with Gasteiger partial charge in [-0.3, -0.25) is 9.78 Å². The van der Waals surface area contributed by atoms with E-state index in [9.17, 15) is 9.18 Å². The molecule has 0 spiro atoms. The summed E-state index contributed by atoms with van der Waals surface area (Å²) in [5, 5.41) is 2.64. The summed E-state index contributed by atoms with van der Waals surface area (Å²) in [5.74, 6) is -0.406. The first-order chi connectivity index (χ1) is 6.22. The summed E-state index contributed by atoms with van der Waals surface area (Å²) in [4.78, 5) is 14.6. The van der Waals surface area contributed by atoms with Gasteiger partial charge in [0.1, 0.15) is 5.82 Å². The Hall–Kier alpha value is -1.45. The van der Waals surface area contributed by atoms with Crippen LogP contribution in [0.25, 0.3) is 0 Å². The average molecular weight is 182 g/mol. The SMILES string of the molecule is CCC(=O)NCc1ccc(F)cn1. The highest BCUT2D eigenvalue weighted by molar-refractivity contribution is 5.75. The number of pyridine rings is 1. The molecule has 0 unspecified atom stereocenters. The first-order valence-corrected chi connectivity index (χ1v) is 4.09. The van der Waals surface area contributed by atoms with Crippen molar-refractivity contribution in [1.29, 1.82) is 0 Å². The molecule has 3 nitrogen and oxygen atoms in total. The Morgan fingerprint density at radius 2 is 2.38 bits per heavy atom. The Morgan fingerprint density at radius 3 is 2.92 bits per heavy atom. The van der Waals surface area contributed by atoms with Crippen LogP contribution in [0.2, 0.25) is 0 Å². The van der Waals surface area contributed by atoms with E-state index in [1.807, 2.05) is 0 Å². The Morgan fingerprint density at radius 1 is 1.62 bits per heavy atom. The monoisotopic (exact) mass is 182 g/mol. The molecular formula is C9H11FN2O. The highest BCUT2D eigenvalue weighted by Crippen LogP contribution is 1.97. The molecule has 4 heteroatoms. The van der Waals surface area contributed by atoms with Crippen LogP contribution in [0.5, 0.6) is 0 Å². The van der Waals surface area contributed by atoms with Crippen LogP contribution in [-0.4, -0.2) is 10.9 Å². The Balaban J connectivity index is 2.46. The van der Waals surface area contributed by atoms with Crippen LogP contribution in [-0.2, 0) is 11.3 Å².